The van der Waals surface area contributed by atoms with Gasteiger partial charge in [0.15, 0.2) is 0 Å². The molecule has 0 saturated heterocycles. The Bertz CT molecular complexity index is 459. The SMILES string of the molecule is CCCCCCCC1CCC2C(CCC3CC(OC(=O)CCCC)CCC32)C1. The maximum absolute atomic E-state index is 12.0. The second-order valence-corrected chi connectivity index (χ2v) is 10.3. The molecule has 28 heavy (non-hydrogen) atoms. The number of carbonyl (C=O) groups is 1. The average Bonchev–Trinajstić information content (AvgIpc) is 2.71. The lowest BCUT2D eigenvalue weighted by Gasteiger charge is -2.50. The maximum atomic E-state index is 12.0. The van der Waals surface area contributed by atoms with Gasteiger partial charge in [0.05, 0.1) is 0 Å². The molecule has 2 heteroatoms. The Morgan fingerprint density at radius 1 is 0.750 bits per heavy atom. The lowest BCUT2D eigenvalue weighted by Crippen LogP contribution is -2.43. The molecule has 0 amide bonds. The maximum Gasteiger partial charge on any atom is 0.306 e. The summed E-state index contributed by atoms with van der Waals surface area (Å²) in [4.78, 5) is 12.0. The summed E-state index contributed by atoms with van der Waals surface area (Å²) in [6, 6.07) is 0. The van der Waals surface area contributed by atoms with Crippen LogP contribution in [0.15, 0.2) is 0 Å². The smallest absolute Gasteiger partial charge is 0.306 e. The van der Waals surface area contributed by atoms with E-state index >= 15 is 0 Å². The topological polar surface area (TPSA) is 26.3 Å². The minimum atomic E-state index is 0.0541. The summed E-state index contributed by atoms with van der Waals surface area (Å²) >= 11 is 0. The van der Waals surface area contributed by atoms with Gasteiger partial charge in [-0.2, -0.15) is 0 Å². The van der Waals surface area contributed by atoms with Crippen molar-refractivity contribution >= 4 is 5.97 Å². The number of hydrogen-bond donors (Lipinski definition) is 0. The minimum Gasteiger partial charge on any atom is -0.462 e. The molecule has 0 bridgehead atoms. The highest BCUT2D eigenvalue weighted by molar-refractivity contribution is 5.69. The number of hydrogen-bond acceptors (Lipinski definition) is 2. The molecule has 6 unspecified atom stereocenters. The van der Waals surface area contributed by atoms with Crippen molar-refractivity contribution in [2.24, 2.45) is 29.6 Å². The zero-order valence-corrected chi connectivity index (χ0v) is 18.8. The van der Waals surface area contributed by atoms with E-state index < -0.39 is 0 Å². The fourth-order valence-electron chi connectivity index (χ4n) is 6.82. The van der Waals surface area contributed by atoms with E-state index in [2.05, 4.69) is 13.8 Å². The Hall–Kier alpha value is -0.530. The fourth-order valence-corrected chi connectivity index (χ4v) is 6.82. The van der Waals surface area contributed by atoms with Crippen LogP contribution < -0.4 is 0 Å². The third-order valence-corrected chi connectivity index (χ3v) is 8.35. The van der Waals surface area contributed by atoms with Crippen molar-refractivity contribution in [3.05, 3.63) is 0 Å². The van der Waals surface area contributed by atoms with Crippen LogP contribution in [0.1, 0.15) is 123 Å². The van der Waals surface area contributed by atoms with E-state index in [0.29, 0.717) is 6.42 Å². The molecule has 162 valence electrons. The van der Waals surface area contributed by atoms with E-state index in [9.17, 15) is 4.79 Å². The van der Waals surface area contributed by atoms with Crippen LogP contribution >= 0.6 is 0 Å². The van der Waals surface area contributed by atoms with Gasteiger partial charge < -0.3 is 4.74 Å². The fraction of sp³-hybridized carbons (Fsp3) is 0.962. The van der Waals surface area contributed by atoms with Crippen molar-refractivity contribution in [1.29, 1.82) is 0 Å². The second-order valence-electron chi connectivity index (χ2n) is 10.3. The van der Waals surface area contributed by atoms with E-state index in [1.54, 1.807) is 0 Å². The monoisotopic (exact) mass is 390 g/mol. The number of unbranched alkanes of at least 4 members (excludes halogenated alkanes) is 5. The molecule has 0 aromatic heterocycles. The van der Waals surface area contributed by atoms with Crippen molar-refractivity contribution in [3.8, 4) is 0 Å². The first-order valence-corrected chi connectivity index (χ1v) is 12.9. The summed E-state index contributed by atoms with van der Waals surface area (Å²) in [5, 5.41) is 0. The Labute approximate surface area is 174 Å². The molecule has 3 saturated carbocycles. The molecule has 3 aliphatic carbocycles. The first-order chi connectivity index (χ1) is 13.7. The van der Waals surface area contributed by atoms with Crippen molar-refractivity contribution in [2.75, 3.05) is 0 Å². The van der Waals surface area contributed by atoms with E-state index in [1.807, 2.05) is 0 Å². The Morgan fingerprint density at radius 2 is 1.43 bits per heavy atom. The molecule has 0 radical (unpaired) electrons. The van der Waals surface area contributed by atoms with Gasteiger partial charge in [-0.1, -0.05) is 65.2 Å². The van der Waals surface area contributed by atoms with Crippen LogP contribution in [-0.4, -0.2) is 12.1 Å². The van der Waals surface area contributed by atoms with Gasteiger partial charge in [-0.25, -0.2) is 0 Å². The highest BCUT2D eigenvalue weighted by Crippen LogP contribution is 2.53. The van der Waals surface area contributed by atoms with Gasteiger partial charge in [0.2, 0.25) is 0 Å². The summed E-state index contributed by atoms with van der Waals surface area (Å²) < 4.78 is 5.83. The molecular formula is C26H46O2. The number of rotatable bonds is 10. The number of esters is 1. The molecular weight excluding hydrogens is 344 g/mol. The molecule has 0 aromatic rings. The number of fused-ring (bicyclic) bond motifs is 3. The van der Waals surface area contributed by atoms with E-state index in [0.717, 1.165) is 55.3 Å². The number of ether oxygens (including phenoxy) is 1. The quantitative estimate of drug-likeness (QED) is 0.282. The molecule has 0 spiro atoms. The van der Waals surface area contributed by atoms with Crippen LogP contribution in [0.4, 0.5) is 0 Å². The Kier molecular flexibility index (Phi) is 9.18. The molecule has 3 rings (SSSR count). The molecule has 6 atom stereocenters. The van der Waals surface area contributed by atoms with Gasteiger partial charge in [-0.3, -0.25) is 4.79 Å². The third kappa shape index (κ3) is 6.23. The van der Waals surface area contributed by atoms with Gasteiger partial charge >= 0.3 is 5.97 Å². The molecule has 0 aromatic carbocycles. The van der Waals surface area contributed by atoms with Gasteiger partial charge in [0, 0.05) is 6.42 Å². The molecule has 0 heterocycles. The Morgan fingerprint density at radius 3 is 2.18 bits per heavy atom. The highest BCUT2D eigenvalue weighted by atomic mass is 16.5. The average molecular weight is 391 g/mol. The summed E-state index contributed by atoms with van der Waals surface area (Å²) in [5.41, 5.74) is 0. The lowest BCUT2D eigenvalue weighted by atomic mass is 9.56. The predicted molar refractivity (Wildman–Crippen MR) is 117 cm³/mol. The van der Waals surface area contributed by atoms with Crippen LogP contribution in [0, 0.1) is 29.6 Å². The summed E-state index contributed by atoms with van der Waals surface area (Å²) in [6.45, 7) is 4.44. The van der Waals surface area contributed by atoms with Crippen molar-refractivity contribution in [3.63, 3.8) is 0 Å². The zero-order chi connectivity index (χ0) is 19.8. The standard InChI is InChI=1S/C26H46O2/c1-3-5-7-8-9-10-20-12-16-24-21(18-20)13-14-22-19-23(15-17-25(22)24)28-26(27)11-6-4-2/h20-25H,3-19H2,1-2H3. The van der Waals surface area contributed by atoms with Gasteiger partial charge in [0.1, 0.15) is 6.10 Å². The highest BCUT2D eigenvalue weighted by Gasteiger charge is 2.44. The molecule has 0 aliphatic heterocycles. The van der Waals surface area contributed by atoms with E-state index in [1.165, 1.54) is 77.0 Å². The minimum absolute atomic E-state index is 0.0541. The summed E-state index contributed by atoms with van der Waals surface area (Å²) in [5.74, 6) is 4.86. The van der Waals surface area contributed by atoms with E-state index in [-0.39, 0.29) is 12.1 Å². The molecule has 3 aliphatic rings. The summed E-state index contributed by atoms with van der Waals surface area (Å²) in [7, 11) is 0. The predicted octanol–water partition coefficient (Wildman–Crippen LogP) is 7.69. The normalized spacial score (nSPS) is 35.1. The van der Waals surface area contributed by atoms with Gasteiger partial charge in [0.25, 0.3) is 0 Å². The van der Waals surface area contributed by atoms with Gasteiger partial charge in [-0.15, -0.1) is 0 Å². The van der Waals surface area contributed by atoms with Crippen LogP contribution in [0.2, 0.25) is 0 Å². The Balaban J connectivity index is 1.40. The summed E-state index contributed by atoms with van der Waals surface area (Å²) in [6.07, 6.45) is 22.5. The first kappa shape index (κ1) is 22.2. The van der Waals surface area contributed by atoms with E-state index in [4.69, 9.17) is 4.74 Å². The second kappa shape index (κ2) is 11.6. The van der Waals surface area contributed by atoms with Crippen LogP contribution in [-0.2, 0) is 9.53 Å². The first-order valence-electron chi connectivity index (χ1n) is 12.9. The lowest BCUT2D eigenvalue weighted by molar-refractivity contribution is -0.153. The molecule has 3 fully saturated rings. The van der Waals surface area contributed by atoms with Crippen molar-refractivity contribution < 1.29 is 9.53 Å². The number of carbonyl (C=O) groups excluding carboxylic acids is 1. The van der Waals surface area contributed by atoms with Crippen LogP contribution in [0.3, 0.4) is 0 Å². The van der Waals surface area contributed by atoms with Crippen molar-refractivity contribution in [2.45, 2.75) is 129 Å². The van der Waals surface area contributed by atoms with Crippen molar-refractivity contribution in [1.82, 2.24) is 0 Å². The van der Waals surface area contributed by atoms with Crippen LogP contribution in [0.25, 0.3) is 0 Å². The third-order valence-electron chi connectivity index (χ3n) is 8.35. The van der Waals surface area contributed by atoms with Crippen LogP contribution in [0.5, 0.6) is 0 Å². The molecule has 2 nitrogen and oxygen atoms in total. The van der Waals surface area contributed by atoms with Gasteiger partial charge in [-0.05, 0) is 81.0 Å². The zero-order valence-electron chi connectivity index (χ0n) is 18.8. The largest absolute Gasteiger partial charge is 0.462 e. The molecule has 0 N–H and O–H groups in total.